The molecule has 0 bridgehead atoms. The van der Waals surface area contributed by atoms with Gasteiger partial charge in [-0.1, -0.05) is 18.2 Å². The van der Waals surface area contributed by atoms with Gasteiger partial charge in [0.05, 0.1) is 0 Å². The Morgan fingerprint density at radius 1 is 1.26 bits per heavy atom. The number of likely N-dealkylation sites (tertiary alicyclic amines) is 1. The largest absolute Gasteiger partial charge is 0.483 e. The van der Waals surface area contributed by atoms with Crippen molar-refractivity contribution >= 4 is 5.91 Å². The number of nitrogens with one attached hydrogen (secondary N) is 1. The van der Waals surface area contributed by atoms with E-state index in [2.05, 4.69) is 30.4 Å². The molecule has 0 radical (unpaired) electrons. The lowest BCUT2D eigenvalue weighted by Crippen LogP contribution is -2.32. The molecule has 0 spiro atoms. The molecule has 1 heterocycles. The lowest BCUT2D eigenvalue weighted by Gasteiger charge is -2.17. The molecular formula is C18H29N3O2. The number of benzene rings is 1. The Hall–Kier alpha value is -1.59. The summed E-state index contributed by atoms with van der Waals surface area (Å²) >= 11 is 0. The van der Waals surface area contributed by atoms with Crippen LogP contribution in [0.2, 0.25) is 0 Å². The maximum absolute atomic E-state index is 12.1. The third-order valence-corrected chi connectivity index (χ3v) is 4.06. The molecule has 128 valence electrons. The van der Waals surface area contributed by atoms with Crippen LogP contribution in [0.5, 0.6) is 5.75 Å². The average molecular weight is 319 g/mol. The van der Waals surface area contributed by atoms with E-state index in [-0.39, 0.29) is 12.5 Å². The maximum Gasteiger partial charge on any atom is 0.260 e. The number of para-hydroxylation sites is 1. The van der Waals surface area contributed by atoms with Gasteiger partial charge in [-0.15, -0.1) is 0 Å². The highest BCUT2D eigenvalue weighted by Gasteiger charge is 2.18. The summed E-state index contributed by atoms with van der Waals surface area (Å²) in [5.41, 5.74) is 1.10. The summed E-state index contributed by atoms with van der Waals surface area (Å²) in [5, 5.41) is 3.44. The summed E-state index contributed by atoms with van der Waals surface area (Å²) in [6, 6.07) is 7.94. The van der Waals surface area contributed by atoms with Gasteiger partial charge in [0.2, 0.25) is 0 Å². The number of rotatable bonds is 9. The first-order valence-electron chi connectivity index (χ1n) is 8.51. The molecule has 0 aromatic heterocycles. The van der Waals surface area contributed by atoms with E-state index in [0.29, 0.717) is 0 Å². The van der Waals surface area contributed by atoms with Gasteiger partial charge in [0.1, 0.15) is 5.75 Å². The molecule has 1 saturated heterocycles. The van der Waals surface area contributed by atoms with Gasteiger partial charge in [0, 0.05) is 25.2 Å². The number of hydrogen-bond donors (Lipinski definition) is 1. The second-order valence-electron chi connectivity index (χ2n) is 6.32. The van der Waals surface area contributed by atoms with E-state index in [9.17, 15) is 4.79 Å². The van der Waals surface area contributed by atoms with E-state index < -0.39 is 0 Å². The van der Waals surface area contributed by atoms with Crippen molar-refractivity contribution in [3.05, 3.63) is 29.8 Å². The molecule has 0 saturated carbocycles. The minimum Gasteiger partial charge on any atom is -0.483 e. The molecule has 23 heavy (non-hydrogen) atoms. The maximum atomic E-state index is 12.1. The molecular weight excluding hydrogens is 290 g/mol. The summed E-state index contributed by atoms with van der Waals surface area (Å²) in [7, 11) is 4.17. The molecule has 5 heteroatoms. The van der Waals surface area contributed by atoms with Crippen LogP contribution in [0.15, 0.2) is 24.3 Å². The summed E-state index contributed by atoms with van der Waals surface area (Å²) in [4.78, 5) is 16.1. The zero-order valence-corrected chi connectivity index (χ0v) is 14.4. The molecule has 0 atom stereocenters. The number of amides is 1. The van der Waals surface area contributed by atoms with Crippen molar-refractivity contribution in [2.75, 3.05) is 46.9 Å². The Bertz CT molecular complexity index is 485. The molecule has 0 unspecified atom stereocenters. The highest BCUT2D eigenvalue weighted by Crippen LogP contribution is 2.18. The predicted octanol–water partition coefficient (Wildman–Crippen LogP) is 1.73. The van der Waals surface area contributed by atoms with Gasteiger partial charge in [0.15, 0.2) is 6.61 Å². The van der Waals surface area contributed by atoms with Gasteiger partial charge in [-0.3, -0.25) is 4.79 Å². The van der Waals surface area contributed by atoms with E-state index in [4.69, 9.17) is 4.74 Å². The number of hydrogen-bond acceptors (Lipinski definition) is 4. The van der Waals surface area contributed by atoms with Crippen molar-refractivity contribution in [2.24, 2.45) is 0 Å². The van der Waals surface area contributed by atoms with Crippen LogP contribution < -0.4 is 10.1 Å². The number of carbonyl (C=O) groups excluding carboxylic acids is 1. The molecule has 5 nitrogen and oxygen atoms in total. The normalized spacial score (nSPS) is 14.5. The fraction of sp³-hybridized carbons (Fsp3) is 0.611. The Morgan fingerprint density at radius 3 is 2.74 bits per heavy atom. The Morgan fingerprint density at radius 2 is 2.00 bits per heavy atom. The van der Waals surface area contributed by atoms with E-state index in [1.807, 2.05) is 23.1 Å². The molecule has 1 aromatic carbocycles. The minimum absolute atomic E-state index is 0.0937. The second-order valence-corrected chi connectivity index (χ2v) is 6.32. The van der Waals surface area contributed by atoms with Crippen LogP contribution in [0.4, 0.5) is 0 Å². The van der Waals surface area contributed by atoms with Gasteiger partial charge >= 0.3 is 0 Å². The summed E-state index contributed by atoms with van der Waals surface area (Å²) in [5.74, 6) is 0.899. The minimum atomic E-state index is 0.0937. The standard InChI is InChI=1S/C18H29N3O2/c1-20(2)11-7-10-19-14-16-8-3-4-9-17(16)23-15-18(22)21-12-5-6-13-21/h3-4,8-9,19H,5-7,10-15H2,1-2H3. The Balaban J connectivity index is 1.76. The number of carbonyl (C=O) groups is 1. The SMILES string of the molecule is CN(C)CCCNCc1ccccc1OCC(=O)N1CCCC1. The highest BCUT2D eigenvalue weighted by molar-refractivity contribution is 5.78. The smallest absolute Gasteiger partial charge is 0.260 e. The third-order valence-electron chi connectivity index (χ3n) is 4.06. The summed E-state index contributed by atoms with van der Waals surface area (Å²) < 4.78 is 5.77. The molecule has 1 aliphatic rings. The van der Waals surface area contributed by atoms with Gasteiger partial charge in [-0.2, -0.15) is 0 Å². The van der Waals surface area contributed by atoms with Crippen molar-refractivity contribution in [2.45, 2.75) is 25.8 Å². The average Bonchev–Trinajstić information content (AvgIpc) is 3.07. The Labute approximate surface area is 139 Å². The third kappa shape index (κ3) is 6.20. The first-order valence-corrected chi connectivity index (χ1v) is 8.51. The summed E-state index contributed by atoms with van der Waals surface area (Å²) in [6.45, 7) is 4.70. The molecule has 1 fully saturated rings. The van der Waals surface area contributed by atoms with E-state index in [1.165, 1.54) is 0 Å². The zero-order valence-electron chi connectivity index (χ0n) is 14.4. The van der Waals surface area contributed by atoms with Crippen LogP contribution in [-0.2, 0) is 11.3 Å². The van der Waals surface area contributed by atoms with E-state index in [1.54, 1.807) is 0 Å². The molecule has 2 rings (SSSR count). The first-order chi connectivity index (χ1) is 11.2. The zero-order chi connectivity index (χ0) is 16.5. The van der Waals surface area contributed by atoms with Crippen molar-refractivity contribution in [1.29, 1.82) is 0 Å². The number of nitrogens with zero attached hydrogens (tertiary/aromatic N) is 2. The van der Waals surface area contributed by atoms with Crippen LogP contribution in [0.1, 0.15) is 24.8 Å². The lowest BCUT2D eigenvalue weighted by molar-refractivity contribution is -0.132. The van der Waals surface area contributed by atoms with Crippen LogP contribution >= 0.6 is 0 Å². The fourth-order valence-corrected chi connectivity index (χ4v) is 2.73. The first kappa shape index (κ1) is 17.8. The van der Waals surface area contributed by atoms with Crippen LogP contribution in [0.25, 0.3) is 0 Å². The molecule has 1 N–H and O–H groups in total. The van der Waals surface area contributed by atoms with E-state index >= 15 is 0 Å². The van der Waals surface area contributed by atoms with E-state index in [0.717, 1.165) is 63.3 Å². The topological polar surface area (TPSA) is 44.8 Å². The monoisotopic (exact) mass is 319 g/mol. The van der Waals surface area contributed by atoms with Crippen LogP contribution in [0.3, 0.4) is 0 Å². The number of ether oxygens (including phenoxy) is 1. The van der Waals surface area contributed by atoms with Gasteiger partial charge < -0.3 is 19.9 Å². The predicted molar refractivity (Wildman–Crippen MR) is 92.6 cm³/mol. The van der Waals surface area contributed by atoms with Crippen LogP contribution in [0, 0.1) is 0 Å². The van der Waals surface area contributed by atoms with Gasteiger partial charge in [-0.25, -0.2) is 0 Å². The van der Waals surface area contributed by atoms with Crippen molar-refractivity contribution in [3.8, 4) is 5.75 Å². The molecule has 0 aliphatic carbocycles. The summed E-state index contributed by atoms with van der Waals surface area (Å²) in [6.07, 6.45) is 3.34. The molecule has 1 aliphatic heterocycles. The fourth-order valence-electron chi connectivity index (χ4n) is 2.73. The Kier molecular flexibility index (Phi) is 7.36. The van der Waals surface area contributed by atoms with Gasteiger partial charge in [0.25, 0.3) is 5.91 Å². The lowest BCUT2D eigenvalue weighted by atomic mass is 10.2. The van der Waals surface area contributed by atoms with Crippen LogP contribution in [-0.4, -0.2) is 62.6 Å². The quantitative estimate of drug-likeness (QED) is 0.704. The van der Waals surface area contributed by atoms with Gasteiger partial charge in [-0.05, 0) is 52.5 Å². The van der Waals surface area contributed by atoms with Crippen molar-refractivity contribution in [3.63, 3.8) is 0 Å². The highest BCUT2D eigenvalue weighted by atomic mass is 16.5. The molecule has 1 amide bonds. The van der Waals surface area contributed by atoms with Crippen molar-refractivity contribution < 1.29 is 9.53 Å². The molecule has 1 aromatic rings. The second kappa shape index (κ2) is 9.53. The van der Waals surface area contributed by atoms with Crippen molar-refractivity contribution in [1.82, 2.24) is 15.1 Å².